The number of hydrogen-bond acceptors (Lipinski definition) is 3. The summed E-state index contributed by atoms with van der Waals surface area (Å²) in [6.45, 7) is 4.74. The first kappa shape index (κ1) is 13.3. The first-order valence-corrected chi connectivity index (χ1v) is 6.33. The Balaban J connectivity index is 2.36. The third-order valence-corrected chi connectivity index (χ3v) is 2.80. The molecule has 1 amide bonds. The number of methoxy groups -OCH3 is 1. The van der Waals surface area contributed by atoms with Gasteiger partial charge in [0, 0.05) is 11.9 Å². The van der Waals surface area contributed by atoms with E-state index in [1.807, 2.05) is 24.3 Å². The van der Waals surface area contributed by atoms with Gasteiger partial charge >= 0.3 is 0 Å². The molecule has 1 heterocycles. The number of ether oxygens (including phenoxy) is 1. The van der Waals surface area contributed by atoms with E-state index in [0.29, 0.717) is 24.0 Å². The maximum atomic E-state index is 12.0. The topological polar surface area (TPSA) is 51.2 Å². The number of hydrogen-bond donors (Lipinski definition) is 1. The Morgan fingerprint density at radius 1 is 1.37 bits per heavy atom. The molecule has 0 spiro atoms. The number of nitrogens with zero attached hydrogens (tertiary/aromatic N) is 1. The van der Waals surface area contributed by atoms with Crippen LogP contribution in [0.4, 0.5) is 0 Å². The summed E-state index contributed by atoms with van der Waals surface area (Å²) in [5.41, 5.74) is 0.385. The van der Waals surface area contributed by atoms with Gasteiger partial charge in [-0.05, 0) is 23.4 Å². The molecule has 0 saturated carbocycles. The molecule has 0 radical (unpaired) electrons. The molecule has 2 aromatic rings. The molecule has 1 N–H and O–H groups in total. The molecule has 19 heavy (non-hydrogen) atoms. The summed E-state index contributed by atoms with van der Waals surface area (Å²) in [5, 5.41) is 4.71. The Morgan fingerprint density at radius 3 is 2.79 bits per heavy atom. The van der Waals surface area contributed by atoms with Crippen LogP contribution in [0.5, 0.6) is 5.88 Å². The lowest BCUT2D eigenvalue weighted by Crippen LogP contribution is -2.28. The van der Waals surface area contributed by atoms with Crippen molar-refractivity contribution in [2.45, 2.75) is 13.8 Å². The van der Waals surface area contributed by atoms with Gasteiger partial charge in [-0.15, -0.1) is 0 Å². The van der Waals surface area contributed by atoms with Gasteiger partial charge in [0.25, 0.3) is 5.91 Å². The second-order valence-corrected chi connectivity index (χ2v) is 4.84. The standard InChI is InChI=1S/C15H18N2O2/c1-10(2)9-16-14(18)13-8-11-6-4-5-7-12(11)15(17-13)19-3/h4-8,10H,9H2,1-3H3,(H,16,18). The summed E-state index contributed by atoms with van der Waals surface area (Å²) < 4.78 is 5.25. The number of pyridine rings is 1. The fourth-order valence-corrected chi connectivity index (χ4v) is 1.83. The van der Waals surface area contributed by atoms with Crippen molar-refractivity contribution in [3.05, 3.63) is 36.0 Å². The number of fused-ring (bicyclic) bond motifs is 1. The van der Waals surface area contributed by atoms with E-state index in [0.717, 1.165) is 10.8 Å². The SMILES string of the molecule is COc1nc(C(=O)NCC(C)C)cc2ccccc12. The second-order valence-electron chi connectivity index (χ2n) is 4.84. The number of benzene rings is 1. The molecule has 0 bridgehead atoms. The second kappa shape index (κ2) is 5.69. The largest absolute Gasteiger partial charge is 0.481 e. The van der Waals surface area contributed by atoms with E-state index in [-0.39, 0.29) is 5.91 Å². The summed E-state index contributed by atoms with van der Waals surface area (Å²) in [7, 11) is 1.56. The van der Waals surface area contributed by atoms with Crippen molar-refractivity contribution in [1.82, 2.24) is 10.3 Å². The number of amides is 1. The number of aromatic nitrogens is 1. The van der Waals surface area contributed by atoms with Crippen molar-refractivity contribution in [3.63, 3.8) is 0 Å². The van der Waals surface area contributed by atoms with Crippen molar-refractivity contribution in [3.8, 4) is 5.88 Å². The van der Waals surface area contributed by atoms with Crippen LogP contribution in [0, 0.1) is 5.92 Å². The van der Waals surface area contributed by atoms with E-state index >= 15 is 0 Å². The third-order valence-electron chi connectivity index (χ3n) is 2.80. The highest BCUT2D eigenvalue weighted by Gasteiger charge is 2.12. The molecule has 0 fully saturated rings. The zero-order valence-electron chi connectivity index (χ0n) is 11.4. The number of carbonyl (C=O) groups is 1. The van der Waals surface area contributed by atoms with Crippen LogP contribution in [0.1, 0.15) is 24.3 Å². The van der Waals surface area contributed by atoms with Gasteiger partial charge in [-0.2, -0.15) is 0 Å². The van der Waals surface area contributed by atoms with Crippen LogP contribution >= 0.6 is 0 Å². The van der Waals surface area contributed by atoms with Crippen LogP contribution in [-0.4, -0.2) is 24.5 Å². The van der Waals surface area contributed by atoms with Crippen LogP contribution in [0.15, 0.2) is 30.3 Å². The Labute approximate surface area is 112 Å². The monoisotopic (exact) mass is 258 g/mol. The Kier molecular flexibility index (Phi) is 4.00. The maximum Gasteiger partial charge on any atom is 0.270 e. The van der Waals surface area contributed by atoms with Crippen molar-refractivity contribution in [2.24, 2.45) is 5.92 Å². The predicted octanol–water partition coefficient (Wildman–Crippen LogP) is 2.63. The fourth-order valence-electron chi connectivity index (χ4n) is 1.83. The molecule has 4 nitrogen and oxygen atoms in total. The first-order chi connectivity index (χ1) is 9.11. The molecular formula is C15H18N2O2. The Hall–Kier alpha value is -2.10. The zero-order valence-corrected chi connectivity index (χ0v) is 11.4. The van der Waals surface area contributed by atoms with Gasteiger partial charge in [-0.25, -0.2) is 4.98 Å². The van der Waals surface area contributed by atoms with Crippen LogP contribution < -0.4 is 10.1 Å². The molecule has 2 rings (SSSR count). The number of rotatable bonds is 4. The van der Waals surface area contributed by atoms with Crippen molar-refractivity contribution in [2.75, 3.05) is 13.7 Å². The minimum Gasteiger partial charge on any atom is -0.481 e. The zero-order chi connectivity index (χ0) is 13.8. The molecule has 100 valence electrons. The Morgan fingerprint density at radius 2 is 2.11 bits per heavy atom. The van der Waals surface area contributed by atoms with Crippen LogP contribution in [0.2, 0.25) is 0 Å². The highest BCUT2D eigenvalue weighted by Crippen LogP contribution is 2.23. The minimum absolute atomic E-state index is 0.169. The molecule has 1 aromatic heterocycles. The summed E-state index contributed by atoms with van der Waals surface area (Å²) in [5.74, 6) is 0.719. The summed E-state index contributed by atoms with van der Waals surface area (Å²) in [6, 6.07) is 9.51. The van der Waals surface area contributed by atoms with Crippen LogP contribution in [0.3, 0.4) is 0 Å². The molecule has 0 atom stereocenters. The van der Waals surface area contributed by atoms with Crippen molar-refractivity contribution >= 4 is 16.7 Å². The number of carbonyl (C=O) groups excluding carboxylic acids is 1. The fraction of sp³-hybridized carbons (Fsp3) is 0.333. The van der Waals surface area contributed by atoms with Gasteiger partial charge in [0.05, 0.1) is 7.11 Å². The molecule has 0 aliphatic heterocycles. The summed E-state index contributed by atoms with van der Waals surface area (Å²) >= 11 is 0. The van der Waals surface area contributed by atoms with E-state index in [9.17, 15) is 4.79 Å². The van der Waals surface area contributed by atoms with Gasteiger partial charge in [0.2, 0.25) is 5.88 Å². The van der Waals surface area contributed by atoms with E-state index in [2.05, 4.69) is 24.1 Å². The van der Waals surface area contributed by atoms with Crippen molar-refractivity contribution in [1.29, 1.82) is 0 Å². The van der Waals surface area contributed by atoms with Gasteiger partial charge in [-0.1, -0.05) is 32.0 Å². The van der Waals surface area contributed by atoms with E-state index in [1.165, 1.54) is 0 Å². The van der Waals surface area contributed by atoms with Crippen LogP contribution in [0.25, 0.3) is 10.8 Å². The average molecular weight is 258 g/mol. The lowest BCUT2D eigenvalue weighted by atomic mass is 10.1. The molecule has 0 saturated heterocycles. The van der Waals surface area contributed by atoms with Gasteiger partial charge < -0.3 is 10.1 Å². The minimum atomic E-state index is -0.169. The quantitative estimate of drug-likeness (QED) is 0.917. The average Bonchev–Trinajstić information content (AvgIpc) is 2.43. The lowest BCUT2D eigenvalue weighted by Gasteiger charge is -2.10. The normalized spacial score (nSPS) is 10.7. The maximum absolute atomic E-state index is 12.0. The highest BCUT2D eigenvalue weighted by atomic mass is 16.5. The van der Waals surface area contributed by atoms with Crippen molar-refractivity contribution < 1.29 is 9.53 Å². The summed E-state index contributed by atoms with van der Waals surface area (Å²) in [6.07, 6.45) is 0. The van der Waals surface area contributed by atoms with Gasteiger partial charge in [0.15, 0.2) is 0 Å². The number of nitrogens with one attached hydrogen (secondary N) is 1. The molecule has 0 aliphatic rings. The van der Waals surface area contributed by atoms with Gasteiger partial charge in [0.1, 0.15) is 5.69 Å². The molecular weight excluding hydrogens is 240 g/mol. The van der Waals surface area contributed by atoms with E-state index in [1.54, 1.807) is 13.2 Å². The molecule has 4 heteroatoms. The summed E-state index contributed by atoms with van der Waals surface area (Å²) in [4.78, 5) is 16.3. The van der Waals surface area contributed by atoms with Crippen LogP contribution in [-0.2, 0) is 0 Å². The first-order valence-electron chi connectivity index (χ1n) is 6.33. The third kappa shape index (κ3) is 3.02. The van der Waals surface area contributed by atoms with E-state index < -0.39 is 0 Å². The molecule has 0 aliphatic carbocycles. The smallest absolute Gasteiger partial charge is 0.270 e. The predicted molar refractivity (Wildman–Crippen MR) is 75.5 cm³/mol. The lowest BCUT2D eigenvalue weighted by molar-refractivity contribution is 0.0943. The van der Waals surface area contributed by atoms with E-state index in [4.69, 9.17) is 4.74 Å². The Bertz CT molecular complexity index is 594. The van der Waals surface area contributed by atoms with Gasteiger partial charge in [-0.3, -0.25) is 4.79 Å². The molecule has 0 unspecified atom stereocenters. The molecule has 1 aromatic carbocycles. The highest BCUT2D eigenvalue weighted by molar-refractivity contribution is 5.98.